The lowest BCUT2D eigenvalue weighted by molar-refractivity contribution is 0.0925. The predicted molar refractivity (Wildman–Crippen MR) is 121 cm³/mol. The van der Waals surface area contributed by atoms with Gasteiger partial charge in [-0.05, 0) is 41.8 Å². The topological polar surface area (TPSA) is 36.0 Å². The summed E-state index contributed by atoms with van der Waals surface area (Å²) in [5, 5.41) is 2.93. The van der Waals surface area contributed by atoms with Crippen molar-refractivity contribution in [1.29, 1.82) is 0 Å². The van der Waals surface area contributed by atoms with Gasteiger partial charge in [0.15, 0.2) is 0 Å². The first-order chi connectivity index (χ1) is 14.7. The van der Waals surface area contributed by atoms with E-state index in [1.165, 1.54) is 0 Å². The molecule has 1 amide bonds. The van der Waals surface area contributed by atoms with Crippen molar-refractivity contribution in [1.82, 2.24) is 9.80 Å². The molecule has 0 radical (unpaired) electrons. The van der Waals surface area contributed by atoms with E-state index in [4.69, 9.17) is 16.3 Å². The van der Waals surface area contributed by atoms with Crippen molar-refractivity contribution in [2.75, 3.05) is 50.9 Å². The summed E-state index contributed by atoms with van der Waals surface area (Å²) in [4.78, 5) is 19.7. The van der Waals surface area contributed by atoms with Crippen LogP contribution in [0.5, 0.6) is 5.75 Å². The summed E-state index contributed by atoms with van der Waals surface area (Å²) in [6, 6.07) is 19.6. The summed E-state index contributed by atoms with van der Waals surface area (Å²) in [6.07, 6.45) is 0. The highest BCUT2D eigenvalue weighted by molar-refractivity contribution is 6.30. The monoisotopic (exact) mass is 421 g/mol. The maximum Gasteiger partial charge on any atom is 0.260 e. The van der Waals surface area contributed by atoms with Crippen molar-refractivity contribution in [2.45, 2.75) is 0 Å². The summed E-state index contributed by atoms with van der Waals surface area (Å²) in [6.45, 7) is 6.02. The van der Waals surface area contributed by atoms with Crippen LogP contribution in [0.25, 0.3) is 10.8 Å². The molecule has 5 rings (SSSR count). The SMILES string of the molecule is O=C1c2cccc3cccc(c23)N1CN1CCN(CCOc2ccc(Cl)cc2)CC1. The molecule has 0 atom stereocenters. The van der Waals surface area contributed by atoms with Crippen LogP contribution in [0.1, 0.15) is 10.4 Å². The molecular formula is C24H24ClN3O2. The summed E-state index contributed by atoms with van der Waals surface area (Å²) in [5.74, 6) is 0.958. The van der Waals surface area contributed by atoms with Gasteiger partial charge in [0.25, 0.3) is 5.91 Å². The third-order valence-electron chi connectivity index (χ3n) is 5.95. The maximum absolute atomic E-state index is 13.0. The number of carbonyl (C=O) groups excluding carboxylic acids is 1. The minimum atomic E-state index is 0.112. The van der Waals surface area contributed by atoms with E-state index < -0.39 is 0 Å². The average Bonchev–Trinajstić information content (AvgIpc) is 3.04. The second kappa shape index (κ2) is 8.26. The van der Waals surface area contributed by atoms with Crippen molar-refractivity contribution >= 4 is 34.0 Å². The fourth-order valence-corrected chi connectivity index (χ4v) is 4.42. The Morgan fingerprint density at radius 3 is 2.33 bits per heavy atom. The number of halogens is 1. The van der Waals surface area contributed by atoms with Crippen molar-refractivity contribution in [3.63, 3.8) is 0 Å². The molecule has 1 saturated heterocycles. The van der Waals surface area contributed by atoms with Gasteiger partial charge >= 0.3 is 0 Å². The number of anilines is 1. The number of ether oxygens (including phenoxy) is 1. The Labute approximate surface area is 181 Å². The van der Waals surface area contributed by atoms with Crippen LogP contribution in [0.4, 0.5) is 5.69 Å². The van der Waals surface area contributed by atoms with Crippen LogP contribution in [0.2, 0.25) is 5.02 Å². The fourth-order valence-electron chi connectivity index (χ4n) is 4.30. The number of nitrogens with zero attached hydrogens (tertiary/aromatic N) is 3. The van der Waals surface area contributed by atoms with Gasteiger partial charge in [-0.15, -0.1) is 0 Å². The Hall–Kier alpha value is -2.60. The van der Waals surface area contributed by atoms with Crippen molar-refractivity contribution < 1.29 is 9.53 Å². The molecule has 0 aliphatic carbocycles. The number of benzene rings is 3. The lowest BCUT2D eigenvalue weighted by Crippen LogP contribution is -2.51. The van der Waals surface area contributed by atoms with Gasteiger partial charge in [0.2, 0.25) is 0 Å². The first-order valence-corrected chi connectivity index (χ1v) is 10.7. The highest BCUT2D eigenvalue weighted by Crippen LogP contribution is 2.37. The van der Waals surface area contributed by atoms with Gasteiger partial charge in [-0.25, -0.2) is 0 Å². The molecule has 30 heavy (non-hydrogen) atoms. The predicted octanol–water partition coefficient (Wildman–Crippen LogP) is 4.11. The summed E-state index contributed by atoms with van der Waals surface area (Å²) in [5.41, 5.74) is 1.85. The van der Waals surface area contributed by atoms with Crippen LogP contribution in [0.15, 0.2) is 60.7 Å². The van der Waals surface area contributed by atoms with Crippen LogP contribution in [0, 0.1) is 0 Å². The molecule has 0 saturated carbocycles. The zero-order chi connectivity index (χ0) is 20.5. The van der Waals surface area contributed by atoms with E-state index in [2.05, 4.69) is 28.0 Å². The van der Waals surface area contributed by atoms with Gasteiger partial charge in [0.1, 0.15) is 12.4 Å². The van der Waals surface area contributed by atoms with Crippen molar-refractivity contribution in [3.8, 4) is 5.75 Å². The largest absolute Gasteiger partial charge is 0.492 e. The second-order valence-corrected chi connectivity index (χ2v) is 8.25. The summed E-state index contributed by atoms with van der Waals surface area (Å²) in [7, 11) is 0. The standard InChI is InChI=1S/C24H24ClN3O2/c25-19-7-9-20(10-8-19)30-16-15-26-11-13-27(14-12-26)17-28-22-6-2-4-18-3-1-5-21(23(18)22)24(28)29/h1-10H,11-17H2. The Kier molecular flexibility index (Phi) is 5.34. The Balaban J connectivity index is 1.14. The summed E-state index contributed by atoms with van der Waals surface area (Å²) < 4.78 is 5.81. The molecule has 6 heteroatoms. The van der Waals surface area contributed by atoms with Gasteiger partial charge in [-0.3, -0.25) is 19.5 Å². The van der Waals surface area contributed by atoms with Crippen LogP contribution in [-0.2, 0) is 0 Å². The lowest BCUT2D eigenvalue weighted by Gasteiger charge is -2.36. The number of amides is 1. The van der Waals surface area contributed by atoms with E-state index in [0.29, 0.717) is 18.3 Å². The molecule has 1 fully saturated rings. The number of piperazine rings is 1. The zero-order valence-electron chi connectivity index (χ0n) is 16.8. The molecule has 154 valence electrons. The minimum Gasteiger partial charge on any atom is -0.492 e. The molecule has 2 aliphatic rings. The van der Waals surface area contributed by atoms with Gasteiger partial charge in [-0.1, -0.05) is 35.9 Å². The lowest BCUT2D eigenvalue weighted by atomic mass is 10.1. The molecule has 0 spiro atoms. The molecule has 0 aromatic heterocycles. The van der Waals surface area contributed by atoms with E-state index in [1.807, 2.05) is 47.4 Å². The maximum atomic E-state index is 13.0. The number of hydrogen-bond donors (Lipinski definition) is 0. The average molecular weight is 422 g/mol. The Bertz CT molecular complexity index is 1060. The quantitative estimate of drug-likeness (QED) is 0.600. The summed E-state index contributed by atoms with van der Waals surface area (Å²) >= 11 is 5.91. The van der Waals surface area contributed by atoms with E-state index in [9.17, 15) is 4.79 Å². The first-order valence-electron chi connectivity index (χ1n) is 10.4. The second-order valence-electron chi connectivity index (χ2n) is 7.82. The van der Waals surface area contributed by atoms with E-state index in [0.717, 1.165) is 60.5 Å². The fraction of sp³-hybridized carbons (Fsp3) is 0.292. The number of rotatable bonds is 6. The number of carbonyl (C=O) groups is 1. The third kappa shape index (κ3) is 3.76. The van der Waals surface area contributed by atoms with E-state index >= 15 is 0 Å². The molecule has 3 aromatic rings. The molecule has 0 bridgehead atoms. The Morgan fingerprint density at radius 2 is 1.57 bits per heavy atom. The highest BCUT2D eigenvalue weighted by Gasteiger charge is 2.31. The van der Waals surface area contributed by atoms with Crippen LogP contribution in [-0.4, -0.2) is 61.7 Å². The molecule has 2 aliphatic heterocycles. The van der Waals surface area contributed by atoms with Gasteiger partial charge in [-0.2, -0.15) is 0 Å². The Morgan fingerprint density at radius 1 is 0.867 bits per heavy atom. The first kappa shape index (κ1) is 19.4. The molecule has 2 heterocycles. The van der Waals surface area contributed by atoms with Crippen molar-refractivity contribution in [3.05, 3.63) is 71.2 Å². The van der Waals surface area contributed by atoms with Crippen molar-refractivity contribution in [2.24, 2.45) is 0 Å². The van der Waals surface area contributed by atoms with Gasteiger partial charge in [0.05, 0.1) is 12.4 Å². The third-order valence-corrected chi connectivity index (χ3v) is 6.20. The zero-order valence-corrected chi connectivity index (χ0v) is 17.5. The van der Waals surface area contributed by atoms with Crippen LogP contribution < -0.4 is 9.64 Å². The highest BCUT2D eigenvalue weighted by atomic mass is 35.5. The van der Waals surface area contributed by atoms with Crippen LogP contribution >= 0.6 is 11.6 Å². The molecule has 3 aromatic carbocycles. The molecule has 5 nitrogen and oxygen atoms in total. The number of hydrogen-bond acceptors (Lipinski definition) is 4. The molecule has 0 unspecified atom stereocenters. The normalized spacial score (nSPS) is 17.1. The molecular weight excluding hydrogens is 398 g/mol. The minimum absolute atomic E-state index is 0.112. The van der Waals surface area contributed by atoms with Gasteiger partial charge < -0.3 is 4.74 Å². The van der Waals surface area contributed by atoms with E-state index in [1.54, 1.807) is 0 Å². The van der Waals surface area contributed by atoms with Crippen LogP contribution in [0.3, 0.4) is 0 Å². The van der Waals surface area contributed by atoms with E-state index in [-0.39, 0.29) is 5.91 Å². The van der Waals surface area contributed by atoms with Gasteiger partial charge in [0, 0.05) is 48.7 Å². The molecule has 0 N–H and O–H groups in total. The smallest absolute Gasteiger partial charge is 0.260 e.